The summed E-state index contributed by atoms with van der Waals surface area (Å²) in [6.07, 6.45) is 3.24. The SMILES string of the molecule is COCC1(C)CNc2c(C#N)cc(-c3ccnc(Nc4cc(C(=O)NC5CCOCC5)nn4C)n3)cc21. The normalized spacial score (nSPS) is 19.1. The van der Waals surface area contributed by atoms with E-state index in [1.807, 2.05) is 6.07 Å². The summed E-state index contributed by atoms with van der Waals surface area (Å²) in [6, 6.07) is 9.77. The summed E-state index contributed by atoms with van der Waals surface area (Å²) in [4.78, 5) is 21.7. The van der Waals surface area contributed by atoms with Crippen LogP contribution < -0.4 is 16.0 Å². The second kappa shape index (κ2) is 10.2. The van der Waals surface area contributed by atoms with Gasteiger partial charge in [0.1, 0.15) is 11.9 Å². The molecule has 0 bridgehead atoms. The number of nitrogens with zero attached hydrogens (tertiary/aromatic N) is 5. The van der Waals surface area contributed by atoms with Gasteiger partial charge in [-0.2, -0.15) is 10.4 Å². The minimum atomic E-state index is -0.254. The van der Waals surface area contributed by atoms with Crippen LogP contribution in [0.4, 0.5) is 17.5 Å². The Morgan fingerprint density at radius 2 is 2.16 bits per heavy atom. The van der Waals surface area contributed by atoms with E-state index in [1.165, 1.54) is 0 Å². The second-order valence-electron chi connectivity index (χ2n) is 9.69. The fourth-order valence-electron chi connectivity index (χ4n) is 4.86. The zero-order valence-electron chi connectivity index (χ0n) is 21.2. The second-order valence-corrected chi connectivity index (χ2v) is 9.69. The average Bonchev–Trinajstić information content (AvgIpc) is 3.44. The van der Waals surface area contributed by atoms with Crippen LogP contribution in [0.5, 0.6) is 0 Å². The van der Waals surface area contributed by atoms with Crippen molar-refractivity contribution in [3.05, 3.63) is 47.3 Å². The fraction of sp³-hybridized carbons (Fsp3) is 0.423. The number of carbonyl (C=O) groups is 1. The number of anilines is 3. The van der Waals surface area contributed by atoms with Gasteiger partial charge in [0, 0.05) is 63.2 Å². The molecule has 11 heteroatoms. The Kier molecular flexibility index (Phi) is 6.78. The number of ether oxygens (including phenoxy) is 2. The molecular weight excluding hydrogens is 472 g/mol. The molecule has 192 valence electrons. The molecule has 1 aromatic carbocycles. The molecule has 1 fully saturated rings. The maximum Gasteiger partial charge on any atom is 0.272 e. The topological polar surface area (TPSA) is 139 Å². The van der Waals surface area contributed by atoms with Crippen LogP contribution >= 0.6 is 0 Å². The lowest BCUT2D eigenvalue weighted by Crippen LogP contribution is -2.39. The molecule has 0 radical (unpaired) electrons. The highest BCUT2D eigenvalue weighted by Gasteiger charge is 2.36. The molecule has 2 aromatic heterocycles. The fourth-order valence-corrected chi connectivity index (χ4v) is 4.86. The first-order valence-corrected chi connectivity index (χ1v) is 12.2. The Morgan fingerprint density at radius 1 is 1.35 bits per heavy atom. The summed E-state index contributed by atoms with van der Waals surface area (Å²) in [5.74, 6) is 0.714. The zero-order chi connectivity index (χ0) is 26.0. The average molecular weight is 503 g/mol. The number of methoxy groups -OCH3 is 1. The van der Waals surface area contributed by atoms with Crippen LogP contribution in [0.15, 0.2) is 30.5 Å². The maximum absolute atomic E-state index is 12.7. The maximum atomic E-state index is 12.7. The van der Waals surface area contributed by atoms with Gasteiger partial charge in [-0.25, -0.2) is 9.97 Å². The molecular formula is C26H30N8O3. The Labute approximate surface area is 215 Å². The van der Waals surface area contributed by atoms with Crippen molar-refractivity contribution in [2.75, 3.05) is 44.1 Å². The van der Waals surface area contributed by atoms with E-state index in [0.29, 0.717) is 55.1 Å². The van der Waals surface area contributed by atoms with Crippen LogP contribution in [-0.2, 0) is 21.9 Å². The van der Waals surface area contributed by atoms with E-state index >= 15 is 0 Å². The minimum absolute atomic E-state index is 0.0891. The predicted molar refractivity (Wildman–Crippen MR) is 138 cm³/mol. The number of benzene rings is 1. The van der Waals surface area contributed by atoms with E-state index in [0.717, 1.165) is 29.7 Å². The van der Waals surface area contributed by atoms with E-state index < -0.39 is 0 Å². The number of nitrogens with one attached hydrogen (secondary N) is 3. The van der Waals surface area contributed by atoms with Crippen molar-refractivity contribution >= 4 is 23.4 Å². The summed E-state index contributed by atoms with van der Waals surface area (Å²) in [5, 5.41) is 23.7. The van der Waals surface area contributed by atoms with Crippen molar-refractivity contribution in [2.24, 2.45) is 7.05 Å². The van der Waals surface area contributed by atoms with Crippen molar-refractivity contribution in [1.82, 2.24) is 25.1 Å². The molecule has 2 aliphatic heterocycles. The van der Waals surface area contributed by atoms with E-state index in [2.05, 4.69) is 50.1 Å². The molecule has 5 rings (SSSR count). The Morgan fingerprint density at radius 3 is 2.92 bits per heavy atom. The first-order chi connectivity index (χ1) is 17.9. The van der Waals surface area contributed by atoms with Crippen molar-refractivity contribution in [2.45, 2.75) is 31.2 Å². The molecule has 37 heavy (non-hydrogen) atoms. The van der Waals surface area contributed by atoms with Crippen LogP contribution in [0.3, 0.4) is 0 Å². The van der Waals surface area contributed by atoms with Crippen molar-refractivity contribution < 1.29 is 14.3 Å². The molecule has 0 saturated carbocycles. The van der Waals surface area contributed by atoms with Gasteiger partial charge in [0.2, 0.25) is 5.95 Å². The Bertz CT molecular complexity index is 1360. The van der Waals surface area contributed by atoms with Gasteiger partial charge in [0.25, 0.3) is 5.91 Å². The van der Waals surface area contributed by atoms with E-state index in [1.54, 1.807) is 37.2 Å². The lowest BCUT2D eigenvalue weighted by Gasteiger charge is -2.23. The first-order valence-electron chi connectivity index (χ1n) is 12.2. The number of aryl methyl sites for hydroxylation is 1. The van der Waals surface area contributed by atoms with Gasteiger partial charge in [-0.1, -0.05) is 6.92 Å². The number of hydrogen-bond donors (Lipinski definition) is 3. The lowest BCUT2D eigenvalue weighted by molar-refractivity contribution is 0.0694. The monoisotopic (exact) mass is 502 g/mol. The van der Waals surface area contributed by atoms with E-state index in [4.69, 9.17) is 9.47 Å². The molecule has 2 aliphatic rings. The largest absolute Gasteiger partial charge is 0.384 e. The molecule has 3 aromatic rings. The van der Waals surface area contributed by atoms with Crippen LogP contribution in [0.25, 0.3) is 11.3 Å². The van der Waals surface area contributed by atoms with Crippen molar-refractivity contribution in [3.63, 3.8) is 0 Å². The molecule has 4 heterocycles. The third-order valence-electron chi connectivity index (χ3n) is 6.89. The van der Waals surface area contributed by atoms with E-state index in [9.17, 15) is 10.1 Å². The van der Waals surface area contributed by atoms with Crippen LogP contribution in [0.2, 0.25) is 0 Å². The predicted octanol–water partition coefficient (Wildman–Crippen LogP) is 2.73. The number of amides is 1. The summed E-state index contributed by atoms with van der Waals surface area (Å²) in [7, 11) is 3.43. The number of carbonyl (C=O) groups excluding carboxylic acids is 1. The number of rotatable bonds is 7. The number of aromatic nitrogens is 4. The molecule has 0 aliphatic carbocycles. The van der Waals surface area contributed by atoms with Gasteiger partial charge in [-0.05, 0) is 36.6 Å². The molecule has 3 N–H and O–H groups in total. The van der Waals surface area contributed by atoms with Gasteiger partial charge in [0.05, 0.1) is 23.6 Å². The quantitative estimate of drug-likeness (QED) is 0.445. The van der Waals surface area contributed by atoms with Crippen molar-refractivity contribution in [3.8, 4) is 17.3 Å². The highest BCUT2D eigenvalue weighted by Crippen LogP contribution is 2.41. The smallest absolute Gasteiger partial charge is 0.272 e. The van der Waals surface area contributed by atoms with Gasteiger partial charge in [-0.3, -0.25) is 9.48 Å². The summed E-state index contributed by atoms with van der Waals surface area (Å²) in [6.45, 7) is 4.63. The van der Waals surface area contributed by atoms with Gasteiger partial charge < -0.3 is 25.4 Å². The summed E-state index contributed by atoms with van der Waals surface area (Å²) >= 11 is 0. The molecule has 0 spiro atoms. The van der Waals surface area contributed by atoms with Gasteiger partial charge in [-0.15, -0.1) is 0 Å². The third kappa shape index (κ3) is 4.98. The third-order valence-corrected chi connectivity index (χ3v) is 6.89. The molecule has 1 saturated heterocycles. The highest BCUT2D eigenvalue weighted by atomic mass is 16.5. The molecule has 1 atom stereocenters. The molecule has 1 amide bonds. The Balaban J connectivity index is 1.38. The van der Waals surface area contributed by atoms with Gasteiger partial charge in [0.15, 0.2) is 5.69 Å². The standard InChI is InChI=1S/C26H30N8O3/c1-26(15-36-3)14-29-23-17(13-27)10-16(11-19(23)26)20-4-7-28-25(31-20)32-22-12-21(33-34(22)2)24(35)30-18-5-8-37-9-6-18/h4,7,10-12,18,29H,5-6,8-9,14-15H2,1-3H3,(H,30,35)(H,28,31,32). The highest BCUT2D eigenvalue weighted by molar-refractivity contribution is 5.93. The zero-order valence-corrected chi connectivity index (χ0v) is 21.2. The molecule has 1 unspecified atom stereocenters. The number of fused-ring (bicyclic) bond motifs is 1. The van der Waals surface area contributed by atoms with Gasteiger partial charge >= 0.3 is 0 Å². The van der Waals surface area contributed by atoms with Crippen LogP contribution in [-0.4, -0.2) is 65.2 Å². The number of hydrogen-bond acceptors (Lipinski definition) is 9. The number of nitriles is 1. The lowest BCUT2D eigenvalue weighted by atomic mass is 9.83. The summed E-state index contributed by atoms with van der Waals surface area (Å²) in [5.41, 5.74) is 3.98. The molecule has 11 nitrogen and oxygen atoms in total. The van der Waals surface area contributed by atoms with E-state index in [-0.39, 0.29) is 17.4 Å². The first kappa shape index (κ1) is 24.7. The Hall–Kier alpha value is -4.01. The minimum Gasteiger partial charge on any atom is -0.384 e. The van der Waals surface area contributed by atoms with Crippen molar-refractivity contribution in [1.29, 1.82) is 5.26 Å². The van der Waals surface area contributed by atoms with Crippen LogP contribution in [0, 0.1) is 11.3 Å². The summed E-state index contributed by atoms with van der Waals surface area (Å²) < 4.78 is 12.4. The van der Waals surface area contributed by atoms with Crippen LogP contribution in [0.1, 0.15) is 41.4 Å².